The summed E-state index contributed by atoms with van der Waals surface area (Å²) in [6.07, 6.45) is 1.28. The first-order chi connectivity index (χ1) is 7.24. The molecule has 7 heteroatoms. The largest absolute Gasteiger partial charge is 0.461 e. The van der Waals surface area contributed by atoms with Gasteiger partial charge in [0.1, 0.15) is 6.33 Å². The lowest BCUT2D eigenvalue weighted by molar-refractivity contribution is -0.135. The number of rotatable bonds is 4. The van der Waals surface area contributed by atoms with Gasteiger partial charge in [0.05, 0.1) is 6.61 Å². The van der Waals surface area contributed by atoms with Gasteiger partial charge in [0, 0.05) is 6.54 Å². The van der Waals surface area contributed by atoms with Crippen molar-refractivity contribution in [3.05, 3.63) is 12.2 Å². The van der Waals surface area contributed by atoms with Crippen LogP contribution in [-0.2, 0) is 16.1 Å². The van der Waals surface area contributed by atoms with Crippen molar-refractivity contribution in [1.29, 1.82) is 0 Å². The van der Waals surface area contributed by atoms with Crippen molar-refractivity contribution in [3.63, 3.8) is 0 Å². The molecule has 1 aromatic rings. The maximum Gasteiger partial charge on any atom is 0.364 e. The van der Waals surface area contributed by atoms with Gasteiger partial charge < -0.3 is 9.94 Å². The first-order valence-electron chi connectivity index (χ1n) is 4.51. The van der Waals surface area contributed by atoms with Crippen molar-refractivity contribution in [2.24, 2.45) is 5.16 Å². The Morgan fingerprint density at radius 3 is 2.93 bits per heavy atom. The highest BCUT2D eigenvalue weighted by Gasteiger charge is 2.21. The molecule has 0 radical (unpaired) electrons. The van der Waals surface area contributed by atoms with Gasteiger partial charge in [0.2, 0.25) is 5.71 Å². The first-order valence-corrected chi connectivity index (χ1v) is 4.51. The summed E-state index contributed by atoms with van der Waals surface area (Å²) in [6.45, 7) is 4.22. The van der Waals surface area contributed by atoms with Crippen LogP contribution in [0.25, 0.3) is 0 Å². The molecule has 1 N–H and O–H groups in total. The second kappa shape index (κ2) is 5.08. The number of aromatic nitrogens is 3. The molecule has 0 saturated heterocycles. The van der Waals surface area contributed by atoms with E-state index in [2.05, 4.69) is 15.2 Å². The highest BCUT2D eigenvalue weighted by atomic mass is 16.5. The molecule has 0 bridgehead atoms. The molecule has 0 aromatic carbocycles. The summed E-state index contributed by atoms with van der Waals surface area (Å²) >= 11 is 0. The molecule has 1 aromatic heterocycles. The fourth-order valence-corrected chi connectivity index (χ4v) is 1.06. The van der Waals surface area contributed by atoms with Gasteiger partial charge in [-0.2, -0.15) is 5.10 Å². The fourth-order valence-electron chi connectivity index (χ4n) is 1.06. The summed E-state index contributed by atoms with van der Waals surface area (Å²) in [4.78, 5) is 15.2. The zero-order valence-electron chi connectivity index (χ0n) is 8.54. The Morgan fingerprint density at radius 1 is 1.67 bits per heavy atom. The number of esters is 1. The molecule has 0 spiro atoms. The maximum atomic E-state index is 11.3. The molecule has 15 heavy (non-hydrogen) atoms. The quantitative estimate of drug-likeness (QED) is 0.329. The van der Waals surface area contributed by atoms with Gasteiger partial charge in [-0.3, -0.25) is 0 Å². The Hall–Kier alpha value is -1.92. The van der Waals surface area contributed by atoms with Crippen LogP contribution in [0.2, 0.25) is 0 Å². The van der Waals surface area contributed by atoms with Crippen LogP contribution in [0.1, 0.15) is 19.7 Å². The van der Waals surface area contributed by atoms with Crippen LogP contribution < -0.4 is 0 Å². The molecule has 0 aliphatic carbocycles. The lowest BCUT2D eigenvalue weighted by atomic mass is 10.3. The molecular formula is C8H12N4O3. The van der Waals surface area contributed by atoms with Crippen molar-refractivity contribution in [2.75, 3.05) is 6.61 Å². The van der Waals surface area contributed by atoms with E-state index in [4.69, 9.17) is 9.94 Å². The van der Waals surface area contributed by atoms with Crippen molar-refractivity contribution in [3.8, 4) is 0 Å². The van der Waals surface area contributed by atoms with E-state index in [9.17, 15) is 4.79 Å². The predicted molar refractivity (Wildman–Crippen MR) is 50.7 cm³/mol. The topological polar surface area (TPSA) is 89.6 Å². The summed E-state index contributed by atoms with van der Waals surface area (Å²) < 4.78 is 6.14. The monoisotopic (exact) mass is 212 g/mol. The van der Waals surface area contributed by atoms with Crippen molar-refractivity contribution in [2.45, 2.75) is 20.4 Å². The molecule has 0 saturated carbocycles. The van der Waals surface area contributed by atoms with Gasteiger partial charge in [-0.15, -0.1) is 0 Å². The zero-order valence-corrected chi connectivity index (χ0v) is 8.54. The molecule has 0 aliphatic rings. The molecule has 1 heterocycles. The van der Waals surface area contributed by atoms with E-state index < -0.39 is 5.97 Å². The Kier molecular flexibility index (Phi) is 3.78. The minimum Gasteiger partial charge on any atom is -0.461 e. The van der Waals surface area contributed by atoms with Crippen molar-refractivity contribution in [1.82, 2.24) is 14.8 Å². The fraction of sp³-hybridized carbons (Fsp3) is 0.500. The molecule has 0 aliphatic heterocycles. The van der Waals surface area contributed by atoms with Crippen LogP contribution in [0.3, 0.4) is 0 Å². The van der Waals surface area contributed by atoms with Gasteiger partial charge in [0.25, 0.3) is 0 Å². The minimum absolute atomic E-state index is 0.193. The molecule has 1 rings (SSSR count). The summed E-state index contributed by atoms with van der Waals surface area (Å²) in [7, 11) is 0. The van der Waals surface area contributed by atoms with Crippen LogP contribution in [0.4, 0.5) is 0 Å². The summed E-state index contributed by atoms with van der Waals surface area (Å²) in [5, 5.41) is 15.4. The summed E-state index contributed by atoms with van der Waals surface area (Å²) in [6, 6.07) is 0. The molecule has 0 atom stereocenters. The van der Waals surface area contributed by atoms with E-state index in [0.717, 1.165) is 0 Å². The van der Waals surface area contributed by atoms with Crippen molar-refractivity contribution >= 4 is 11.7 Å². The van der Waals surface area contributed by atoms with E-state index in [1.54, 1.807) is 6.92 Å². The van der Waals surface area contributed by atoms with Gasteiger partial charge in [-0.05, 0) is 13.8 Å². The van der Waals surface area contributed by atoms with E-state index in [0.29, 0.717) is 6.54 Å². The highest BCUT2D eigenvalue weighted by molar-refractivity contribution is 6.42. The average molecular weight is 212 g/mol. The number of hydrogen-bond acceptors (Lipinski definition) is 6. The Morgan fingerprint density at radius 2 is 2.40 bits per heavy atom. The molecular weight excluding hydrogens is 200 g/mol. The number of hydrogen-bond donors (Lipinski definition) is 1. The molecule has 7 nitrogen and oxygen atoms in total. The molecule has 0 amide bonds. The summed E-state index contributed by atoms with van der Waals surface area (Å²) in [5.41, 5.74) is -0.240. The second-order valence-electron chi connectivity index (χ2n) is 2.57. The van der Waals surface area contributed by atoms with Gasteiger partial charge in [-0.25, -0.2) is 14.5 Å². The van der Waals surface area contributed by atoms with Crippen LogP contribution in [-0.4, -0.2) is 38.3 Å². The van der Waals surface area contributed by atoms with Gasteiger partial charge in [0.15, 0.2) is 5.82 Å². The maximum absolute atomic E-state index is 11.3. The van der Waals surface area contributed by atoms with Gasteiger partial charge >= 0.3 is 5.97 Å². The van der Waals surface area contributed by atoms with E-state index >= 15 is 0 Å². The summed E-state index contributed by atoms with van der Waals surface area (Å²) in [5.74, 6) is -0.527. The number of aryl methyl sites for hydroxylation is 1. The first kappa shape index (κ1) is 11.2. The predicted octanol–water partition coefficient (Wildman–Crippen LogP) is 0.0394. The second-order valence-corrected chi connectivity index (χ2v) is 2.57. The normalized spacial score (nSPS) is 11.5. The van der Waals surface area contributed by atoms with Gasteiger partial charge in [-0.1, -0.05) is 5.16 Å². The van der Waals surface area contributed by atoms with Crippen LogP contribution in [0, 0.1) is 0 Å². The van der Waals surface area contributed by atoms with E-state index in [-0.39, 0.29) is 18.1 Å². The Bertz CT molecular complexity index is 372. The smallest absolute Gasteiger partial charge is 0.364 e. The standard InChI is InChI=1S/C8H12N4O3/c1-3-12-7(9-5-10-12)6(11-14)8(13)15-4-2/h5,14H,3-4H2,1-2H3/b11-6-. The lowest BCUT2D eigenvalue weighted by Crippen LogP contribution is -2.23. The number of oxime groups is 1. The Labute approximate surface area is 86.4 Å². The van der Waals surface area contributed by atoms with Crippen LogP contribution in [0.15, 0.2) is 11.5 Å². The van der Waals surface area contributed by atoms with E-state index in [1.165, 1.54) is 11.0 Å². The minimum atomic E-state index is -0.720. The van der Waals surface area contributed by atoms with Crippen molar-refractivity contribution < 1.29 is 14.7 Å². The Balaban J connectivity index is 2.98. The number of ether oxygens (including phenoxy) is 1. The lowest BCUT2D eigenvalue weighted by Gasteiger charge is -2.04. The van der Waals surface area contributed by atoms with E-state index in [1.807, 2.05) is 6.92 Å². The zero-order chi connectivity index (χ0) is 11.3. The third-order valence-corrected chi connectivity index (χ3v) is 1.70. The highest BCUT2D eigenvalue weighted by Crippen LogP contribution is 1.99. The third kappa shape index (κ3) is 2.30. The molecule has 0 unspecified atom stereocenters. The average Bonchev–Trinajstić information content (AvgIpc) is 2.67. The number of carbonyl (C=O) groups is 1. The third-order valence-electron chi connectivity index (χ3n) is 1.70. The number of nitrogens with zero attached hydrogens (tertiary/aromatic N) is 4. The molecule has 82 valence electrons. The molecule has 0 fully saturated rings. The SMILES string of the molecule is CCOC(=O)/C(=N\O)c1ncnn1CC. The van der Waals surface area contributed by atoms with Crippen LogP contribution in [0.5, 0.6) is 0 Å². The van der Waals surface area contributed by atoms with Crippen LogP contribution >= 0.6 is 0 Å². The number of carbonyl (C=O) groups excluding carboxylic acids is 1.